The van der Waals surface area contributed by atoms with Crippen LogP contribution in [0.5, 0.6) is 11.5 Å². The Morgan fingerprint density at radius 3 is 2.67 bits per heavy atom. The maximum Gasteiger partial charge on any atom is 0.246 e. The second kappa shape index (κ2) is 2.52. The molecule has 0 saturated carbocycles. The Morgan fingerprint density at radius 1 is 1.25 bits per heavy atom. The first-order valence-electron chi connectivity index (χ1n) is 3.75. The van der Waals surface area contributed by atoms with Crippen LogP contribution in [0.2, 0.25) is 0 Å². The average Bonchev–Trinajstić information content (AvgIpc) is 2.25. The summed E-state index contributed by atoms with van der Waals surface area (Å²) in [5, 5.41) is 0. The SMILES string of the molecule is CC1(C)Oc2cccc(I)c2O1. The van der Waals surface area contributed by atoms with Crippen LogP contribution in [0.25, 0.3) is 0 Å². The maximum atomic E-state index is 5.60. The molecule has 3 heteroatoms. The fraction of sp³-hybridized carbons (Fsp3) is 0.333. The van der Waals surface area contributed by atoms with Gasteiger partial charge in [0.2, 0.25) is 5.79 Å². The van der Waals surface area contributed by atoms with Gasteiger partial charge in [0.15, 0.2) is 11.5 Å². The standard InChI is InChI=1S/C9H9IO2/c1-9(2)11-7-5-3-4-6(10)8(7)12-9/h3-5H,1-2H3. The normalized spacial score (nSPS) is 17.9. The first kappa shape index (κ1) is 8.16. The molecule has 0 aliphatic carbocycles. The van der Waals surface area contributed by atoms with E-state index in [-0.39, 0.29) is 0 Å². The summed E-state index contributed by atoms with van der Waals surface area (Å²) < 4.78 is 12.2. The zero-order valence-corrected chi connectivity index (χ0v) is 9.08. The fourth-order valence-electron chi connectivity index (χ4n) is 1.20. The van der Waals surface area contributed by atoms with Gasteiger partial charge in [0.05, 0.1) is 3.57 Å². The second-order valence-electron chi connectivity index (χ2n) is 3.17. The van der Waals surface area contributed by atoms with Crippen molar-refractivity contribution < 1.29 is 9.47 Å². The molecule has 2 nitrogen and oxygen atoms in total. The molecule has 1 aliphatic heterocycles. The lowest BCUT2D eigenvalue weighted by molar-refractivity contribution is -0.0434. The zero-order chi connectivity index (χ0) is 8.77. The number of benzene rings is 1. The van der Waals surface area contributed by atoms with Crippen LogP contribution < -0.4 is 9.47 Å². The fourth-order valence-corrected chi connectivity index (χ4v) is 1.78. The molecule has 0 bridgehead atoms. The van der Waals surface area contributed by atoms with Crippen molar-refractivity contribution in [3.8, 4) is 11.5 Å². The van der Waals surface area contributed by atoms with Gasteiger partial charge >= 0.3 is 0 Å². The van der Waals surface area contributed by atoms with E-state index in [0.29, 0.717) is 0 Å². The Morgan fingerprint density at radius 2 is 2.00 bits per heavy atom. The Balaban J connectivity index is 2.48. The van der Waals surface area contributed by atoms with E-state index >= 15 is 0 Å². The van der Waals surface area contributed by atoms with E-state index in [1.807, 2.05) is 32.0 Å². The molecule has 0 fully saturated rings. The van der Waals surface area contributed by atoms with Gasteiger partial charge in [-0.3, -0.25) is 0 Å². The second-order valence-corrected chi connectivity index (χ2v) is 4.33. The van der Waals surface area contributed by atoms with Crippen molar-refractivity contribution in [2.45, 2.75) is 19.6 Å². The number of rotatable bonds is 0. The summed E-state index contributed by atoms with van der Waals surface area (Å²) in [7, 11) is 0. The molecule has 0 aromatic heterocycles. The molecule has 0 amide bonds. The zero-order valence-electron chi connectivity index (χ0n) is 6.93. The van der Waals surface area contributed by atoms with Crippen molar-refractivity contribution in [3.63, 3.8) is 0 Å². The van der Waals surface area contributed by atoms with Gasteiger partial charge in [-0.15, -0.1) is 0 Å². The number of hydrogen-bond acceptors (Lipinski definition) is 2. The Hall–Kier alpha value is -0.450. The lowest BCUT2D eigenvalue weighted by atomic mass is 10.3. The topological polar surface area (TPSA) is 18.5 Å². The highest BCUT2D eigenvalue weighted by Gasteiger charge is 2.32. The number of hydrogen-bond donors (Lipinski definition) is 0. The van der Waals surface area contributed by atoms with Gasteiger partial charge in [-0.2, -0.15) is 0 Å². The minimum Gasteiger partial charge on any atom is -0.449 e. The van der Waals surface area contributed by atoms with E-state index in [1.165, 1.54) is 0 Å². The van der Waals surface area contributed by atoms with Crippen LogP contribution >= 0.6 is 22.6 Å². The van der Waals surface area contributed by atoms with Gasteiger partial charge in [0.1, 0.15) is 0 Å². The Labute approximate surface area is 85.0 Å². The monoisotopic (exact) mass is 276 g/mol. The van der Waals surface area contributed by atoms with E-state index in [0.717, 1.165) is 15.1 Å². The molecule has 12 heavy (non-hydrogen) atoms. The number of para-hydroxylation sites is 1. The predicted octanol–water partition coefficient (Wildman–Crippen LogP) is 2.80. The first-order valence-corrected chi connectivity index (χ1v) is 4.83. The summed E-state index contributed by atoms with van der Waals surface area (Å²) in [5.41, 5.74) is 0. The molecule has 0 spiro atoms. The molecule has 0 N–H and O–H groups in total. The average molecular weight is 276 g/mol. The number of ether oxygens (including phenoxy) is 2. The van der Waals surface area contributed by atoms with E-state index in [9.17, 15) is 0 Å². The minimum absolute atomic E-state index is 0.510. The highest BCUT2D eigenvalue weighted by Crippen LogP contribution is 2.41. The molecule has 64 valence electrons. The highest BCUT2D eigenvalue weighted by atomic mass is 127. The summed E-state index contributed by atoms with van der Waals surface area (Å²) in [6.07, 6.45) is 0. The largest absolute Gasteiger partial charge is 0.449 e. The van der Waals surface area contributed by atoms with E-state index in [2.05, 4.69) is 22.6 Å². The van der Waals surface area contributed by atoms with E-state index in [1.54, 1.807) is 0 Å². The number of halogens is 1. The molecule has 0 unspecified atom stereocenters. The molecule has 2 rings (SSSR count). The van der Waals surface area contributed by atoms with Gasteiger partial charge in [-0.05, 0) is 34.7 Å². The molecule has 1 aliphatic rings. The molecule has 0 saturated heterocycles. The summed E-state index contributed by atoms with van der Waals surface area (Å²) in [5.74, 6) is 1.19. The van der Waals surface area contributed by atoms with Crippen LogP contribution in [0.3, 0.4) is 0 Å². The van der Waals surface area contributed by atoms with Gasteiger partial charge in [-0.25, -0.2) is 0 Å². The molecule has 1 aromatic rings. The quantitative estimate of drug-likeness (QED) is 0.678. The van der Waals surface area contributed by atoms with Crippen LogP contribution in [0, 0.1) is 3.57 Å². The maximum absolute atomic E-state index is 5.60. The number of fused-ring (bicyclic) bond motifs is 1. The summed E-state index contributed by atoms with van der Waals surface area (Å²) >= 11 is 2.24. The lowest BCUT2D eigenvalue weighted by Crippen LogP contribution is -2.29. The Kier molecular flexibility index (Phi) is 1.71. The first-order chi connectivity index (χ1) is 5.58. The van der Waals surface area contributed by atoms with Crippen molar-refractivity contribution >= 4 is 22.6 Å². The van der Waals surface area contributed by atoms with Crippen LogP contribution in [-0.4, -0.2) is 5.79 Å². The summed E-state index contributed by atoms with van der Waals surface area (Å²) in [4.78, 5) is 0. The molecular formula is C9H9IO2. The predicted molar refractivity (Wildman–Crippen MR) is 54.5 cm³/mol. The van der Waals surface area contributed by atoms with E-state index < -0.39 is 5.79 Å². The van der Waals surface area contributed by atoms with Gasteiger partial charge in [-0.1, -0.05) is 6.07 Å². The highest BCUT2D eigenvalue weighted by molar-refractivity contribution is 14.1. The smallest absolute Gasteiger partial charge is 0.246 e. The van der Waals surface area contributed by atoms with Gasteiger partial charge in [0.25, 0.3) is 0 Å². The molecule has 1 aromatic carbocycles. The van der Waals surface area contributed by atoms with Crippen LogP contribution in [0.15, 0.2) is 18.2 Å². The van der Waals surface area contributed by atoms with Crippen molar-refractivity contribution in [1.82, 2.24) is 0 Å². The lowest BCUT2D eigenvalue weighted by Gasteiger charge is -2.16. The molecular weight excluding hydrogens is 267 g/mol. The van der Waals surface area contributed by atoms with E-state index in [4.69, 9.17) is 9.47 Å². The molecule has 1 heterocycles. The van der Waals surface area contributed by atoms with Crippen LogP contribution in [-0.2, 0) is 0 Å². The Bertz CT molecular complexity index is 320. The summed E-state index contributed by atoms with van der Waals surface area (Å²) in [6.45, 7) is 3.81. The molecule has 0 radical (unpaired) electrons. The summed E-state index contributed by atoms with van der Waals surface area (Å²) in [6, 6.07) is 5.89. The van der Waals surface area contributed by atoms with Crippen molar-refractivity contribution in [1.29, 1.82) is 0 Å². The van der Waals surface area contributed by atoms with Crippen LogP contribution in [0.4, 0.5) is 0 Å². The molecule has 0 atom stereocenters. The van der Waals surface area contributed by atoms with Crippen molar-refractivity contribution in [2.24, 2.45) is 0 Å². The van der Waals surface area contributed by atoms with Gasteiger partial charge in [0, 0.05) is 13.8 Å². The van der Waals surface area contributed by atoms with Crippen molar-refractivity contribution in [2.75, 3.05) is 0 Å². The van der Waals surface area contributed by atoms with Crippen LogP contribution in [0.1, 0.15) is 13.8 Å². The van der Waals surface area contributed by atoms with Crippen molar-refractivity contribution in [3.05, 3.63) is 21.8 Å². The third kappa shape index (κ3) is 1.26. The third-order valence-corrected chi connectivity index (χ3v) is 2.48. The third-order valence-electron chi connectivity index (χ3n) is 1.63. The minimum atomic E-state index is -0.510. The van der Waals surface area contributed by atoms with Gasteiger partial charge < -0.3 is 9.47 Å².